The van der Waals surface area contributed by atoms with Gasteiger partial charge in [-0.05, 0) is 24.3 Å². The molecule has 4 rings (SSSR count). The van der Waals surface area contributed by atoms with Gasteiger partial charge in [0.2, 0.25) is 0 Å². The van der Waals surface area contributed by atoms with Crippen LogP contribution in [0.5, 0.6) is 11.5 Å². The smallest absolute Gasteiger partial charge is 0.123 e. The zero-order valence-corrected chi connectivity index (χ0v) is 18.6. The van der Waals surface area contributed by atoms with E-state index in [0.29, 0.717) is 6.54 Å². The molecule has 0 radical (unpaired) electrons. The summed E-state index contributed by atoms with van der Waals surface area (Å²) < 4.78 is 10.8. The number of methoxy groups -OCH3 is 1. The van der Waals surface area contributed by atoms with Crippen LogP contribution in [-0.4, -0.2) is 72.4 Å². The van der Waals surface area contributed by atoms with Crippen LogP contribution in [0, 0.1) is 0 Å². The summed E-state index contributed by atoms with van der Waals surface area (Å²) in [5, 5.41) is 13.6. The number of hydrogen-bond donors (Lipinski definition) is 1. The molecule has 0 amide bonds. The Hall–Kier alpha value is -2.45. The predicted molar refractivity (Wildman–Crippen MR) is 124 cm³/mol. The van der Waals surface area contributed by atoms with Gasteiger partial charge in [0.25, 0.3) is 0 Å². The van der Waals surface area contributed by atoms with Gasteiger partial charge >= 0.3 is 0 Å². The second-order valence-electron chi connectivity index (χ2n) is 7.73. The Morgan fingerprint density at radius 1 is 0.968 bits per heavy atom. The molecule has 0 aliphatic carbocycles. The number of hydrogen-bond acceptors (Lipinski definition) is 7. The van der Waals surface area contributed by atoms with E-state index in [9.17, 15) is 5.11 Å². The highest BCUT2D eigenvalue weighted by atomic mass is 32.1. The number of aromatic nitrogens is 1. The summed E-state index contributed by atoms with van der Waals surface area (Å²) in [6.07, 6.45) is -0.513. The monoisotopic (exact) mass is 439 g/mol. The van der Waals surface area contributed by atoms with E-state index >= 15 is 0 Å². The molecule has 0 bridgehead atoms. The van der Waals surface area contributed by atoms with Crippen LogP contribution in [0.2, 0.25) is 0 Å². The molecular formula is C24H29N3O3S. The molecule has 1 fully saturated rings. The van der Waals surface area contributed by atoms with Gasteiger partial charge in [-0.15, -0.1) is 11.3 Å². The van der Waals surface area contributed by atoms with Crippen molar-refractivity contribution in [2.75, 3.05) is 46.4 Å². The number of nitrogens with zero attached hydrogens (tertiary/aromatic N) is 3. The molecule has 0 spiro atoms. The van der Waals surface area contributed by atoms with Crippen molar-refractivity contribution in [1.82, 2.24) is 14.8 Å². The molecule has 0 saturated carbocycles. The minimum Gasteiger partial charge on any atom is -0.497 e. The lowest BCUT2D eigenvalue weighted by Crippen LogP contribution is -2.48. The molecule has 1 atom stereocenters. The van der Waals surface area contributed by atoms with E-state index in [1.165, 1.54) is 5.56 Å². The maximum atomic E-state index is 10.4. The van der Waals surface area contributed by atoms with Crippen molar-refractivity contribution in [2.45, 2.75) is 12.6 Å². The van der Waals surface area contributed by atoms with Crippen molar-refractivity contribution < 1.29 is 14.6 Å². The molecule has 1 aromatic heterocycles. The Bertz CT molecular complexity index is 925. The predicted octanol–water partition coefficient (Wildman–Crippen LogP) is 3.38. The summed E-state index contributed by atoms with van der Waals surface area (Å²) in [4.78, 5) is 9.54. The SMILES string of the molecule is COc1ccc(OCC(O)CN2CCN(Cc3csc(-c4ccccc4)n3)CC2)cc1. The molecule has 2 heterocycles. The van der Waals surface area contributed by atoms with Crippen molar-refractivity contribution in [1.29, 1.82) is 0 Å². The Kier molecular flexibility index (Phi) is 7.53. The first-order chi connectivity index (χ1) is 15.2. The normalized spacial score (nSPS) is 16.2. The lowest BCUT2D eigenvalue weighted by molar-refractivity contribution is 0.0444. The third kappa shape index (κ3) is 6.27. The fraction of sp³-hybridized carbons (Fsp3) is 0.375. The zero-order chi connectivity index (χ0) is 21.5. The molecule has 1 aliphatic heterocycles. The third-order valence-electron chi connectivity index (χ3n) is 5.39. The van der Waals surface area contributed by atoms with Crippen molar-refractivity contribution in [2.24, 2.45) is 0 Å². The first kappa shape index (κ1) is 21.8. The van der Waals surface area contributed by atoms with Crippen LogP contribution in [-0.2, 0) is 6.54 Å². The Morgan fingerprint density at radius 3 is 2.35 bits per heavy atom. The van der Waals surface area contributed by atoms with Crippen LogP contribution >= 0.6 is 11.3 Å². The molecule has 6 nitrogen and oxygen atoms in total. The van der Waals surface area contributed by atoms with Gasteiger partial charge in [-0.1, -0.05) is 30.3 Å². The van der Waals surface area contributed by atoms with E-state index in [4.69, 9.17) is 14.5 Å². The highest BCUT2D eigenvalue weighted by Crippen LogP contribution is 2.24. The summed E-state index contributed by atoms with van der Waals surface area (Å²) in [6, 6.07) is 17.7. The first-order valence-electron chi connectivity index (χ1n) is 10.6. The Morgan fingerprint density at radius 2 is 1.65 bits per heavy atom. The number of thiazole rings is 1. The molecule has 1 unspecified atom stereocenters. The van der Waals surface area contributed by atoms with Gasteiger partial charge in [0, 0.05) is 50.2 Å². The Labute approximate surface area is 187 Å². The summed E-state index contributed by atoms with van der Waals surface area (Å²) in [6.45, 7) is 5.62. The number of aliphatic hydroxyl groups excluding tert-OH is 1. The van der Waals surface area contributed by atoms with Crippen molar-refractivity contribution >= 4 is 11.3 Å². The minimum atomic E-state index is -0.513. The largest absolute Gasteiger partial charge is 0.497 e. The Balaban J connectivity index is 1.18. The van der Waals surface area contributed by atoms with E-state index in [1.807, 2.05) is 42.5 Å². The topological polar surface area (TPSA) is 58.1 Å². The van der Waals surface area contributed by atoms with Crippen molar-refractivity contribution in [3.63, 3.8) is 0 Å². The van der Waals surface area contributed by atoms with Crippen LogP contribution in [0.15, 0.2) is 60.0 Å². The minimum absolute atomic E-state index is 0.285. The van der Waals surface area contributed by atoms with E-state index < -0.39 is 6.10 Å². The molecule has 31 heavy (non-hydrogen) atoms. The second-order valence-corrected chi connectivity index (χ2v) is 8.59. The molecule has 1 saturated heterocycles. The van der Waals surface area contributed by atoms with Gasteiger partial charge in [-0.25, -0.2) is 4.98 Å². The quantitative estimate of drug-likeness (QED) is 0.552. The van der Waals surface area contributed by atoms with Crippen LogP contribution in [0.25, 0.3) is 10.6 Å². The molecule has 3 aromatic rings. The zero-order valence-electron chi connectivity index (χ0n) is 17.8. The molecule has 2 aromatic carbocycles. The van der Waals surface area contributed by atoms with E-state index in [0.717, 1.165) is 54.9 Å². The highest BCUT2D eigenvalue weighted by Gasteiger charge is 2.20. The number of ether oxygens (including phenoxy) is 2. The number of benzene rings is 2. The maximum absolute atomic E-state index is 10.4. The van der Waals surface area contributed by atoms with Crippen LogP contribution in [0.4, 0.5) is 0 Å². The van der Waals surface area contributed by atoms with Crippen LogP contribution < -0.4 is 9.47 Å². The molecule has 164 valence electrons. The number of aliphatic hydroxyl groups is 1. The number of β-amino-alcohol motifs (C(OH)–C–C–N with tert-alkyl or cyclic N) is 1. The molecular weight excluding hydrogens is 410 g/mol. The van der Waals surface area contributed by atoms with Gasteiger partial charge in [0.15, 0.2) is 0 Å². The average Bonchev–Trinajstić information content (AvgIpc) is 3.28. The lowest BCUT2D eigenvalue weighted by atomic mass is 10.2. The standard InChI is InChI=1S/C24H29N3O3S/c1-29-22-7-9-23(10-8-22)30-17-21(28)16-27-13-11-26(12-14-27)15-20-18-31-24(25-20)19-5-3-2-4-6-19/h2-10,18,21,28H,11-17H2,1H3. The van der Waals surface area contributed by atoms with Crippen LogP contribution in [0.1, 0.15) is 5.69 Å². The maximum Gasteiger partial charge on any atom is 0.123 e. The summed E-state index contributed by atoms with van der Waals surface area (Å²) in [5.74, 6) is 1.53. The summed E-state index contributed by atoms with van der Waals surface area (Å²) >= 11 is 1.70. The van der Waals surface area contributed by atoms with E-state index in [-0.39, 0.29) is 6.61 Å². The molecule has 7 heteroatoms. The highest BCUT2D eigenvalue weighted by molar-refractivity contribution is 7.13. The van der Waals surface area contributed by atoms with Crippen molar-refractivity contribution in [3.05, 3.63) is 65.7 Å². The lowest BCUT2D eigenvalue weighted by Gasteiger charge is -2.35. The number of piperazine rings is 1. The second kappa shape index (κ2) is 10.7. The fourth-order valence-corrected chi connectivity index (χ4v) is 4.48. The summed E-state index contributed by atoms with van der Waals surface area (Å²) in [7, 11) is 1.64. The molecule has 1 aliphatic rings. The van der Waals surface area contributed by atoms with Gasteiger partial charge in [-0.3, -0.25) is 9.80 Å². The summed E-state index contributed by atoms with van der Waals surface area (Å²) in [5.41, 5.74) is 2.31. The fourth-order valence-electron chi connectivity index (χ4n) is 3.67. The van der Waals surface area contributed by atoms with Crippen LogP contribution in [0.3, 0.4) is 0 Å². The van der Waals surface area contributed by atoms with Gasteiger partial charge < -0.3 is 14.6 Å². The first-order valence-corrected chi connectivity index (χ1v) is 11.5. The third-order valence-corrected chi connectivity index (χ3v) is 6.33. The van der Waals surface area contributed by atoms with Gasteiger partial charge in [0.1, 0.15) is 29.2 Å². The molecule has 1 N–H and O–H groups in total. The van der Waals surface area contributed by atoms with E-state index in [1.54, 1.807) is 18.4 Å². The van der Waals surface area contributed by atoms with E-state index in [2.05, 4.69) is 27.3 Å². The average molecular weight is 440 g/mol. The van der Waals surface area contributed by atoms with Gasteiger partial charge in [0.05, 0.1) is 12.8 Å². The number of rotatable bonds is 9. The van der Waals surface area contributed by atoms with Gasteiger partial charge in [-0.2, -0.15) is 0 Å². The van der Waals surface area contributed by atoms with Crippen molar-refractivity contribution in [3.8, 4) is 22.1 Å².